The maximum absolute atomic E-state index is 12.3. The zero-order valence-electron chi connectivity index (χ0n) is 14.8. The molecule has 1 aromatic carbocycles. The molecule has 2 aliphatic carbocycles. The number of hydrogen-bond acceptors (Lipinski definition) is 4. The Kier molecular flexibility index (Phi) is 3.86. The van der Waals surface area contributed by atoms with Gasteiger partial charge in [-0.05, 0) is 42.4 Å². The molecule has 5 rings (SSSR count). The van der Waals surface area contributed by atoms with Crippen LogP contribution in [-0.2, 0) is 6.42 Å². The van der Waals surface area contributed by atoms with Gasteiger partial charge in [-0.25, -0.2) is 0 Å². The van der Waals surface area contributed by atoms with Gasteiger partial charge in [-0.2, -0.15) is 0 Å². The molecular formula is C21H19BN2O3. The van der Waals surface area contributed by atoms with Crippen molar-refractivity contribution in [1.82, 2.24) is 10.3 Å². The maximum Gasteiger partial charge on any atom is 0.552 e. The summed E-state index contributed by atoms with van der Waals surface area (Å²) in [6.07, 6.45) is 8.45. The van der Waals surface area contributed by atoms with Gasteiger partial charge in [0.2, 0.25) is 0 Å². The van der Waals surface area contributed by atoms with E-state index in [0.717, 1.165) is 41.7 Å². The number of aromatic nitrogens is 1. The van der Waals surface area contributed by atoms with E-state index < -0.39 is 7.12 Å². The number of benzene rings is 1. The first kappa shape index (κ1) is 16.3. The molecule has 1 fully saturated rings. The first-order chi connectivity index (χ1) is 13.2. The lowest BCUT2D eigenvalue weighted by Gasteiger charge is -2.39. The molecular weight excluding hydrogens is 339 g/mol. The molecule has 2 N–H and O–H groups in total. The normalized spacial score (nSPS) is 22.3. The van der Waals surface area contributed by atoms with Crippen molar-refractivity contribution in [2.45, 2.75) is 25.3 Å². The fraction of sp³-hybridized carbons (Fsp3) is 0.238. The molecule has 6 heteroatoms. The summed E-state index contributed by atoms with van der Waals surface area (Å²) in [6, 6.07) is 9.43. The van der Waals surface area contributed by atoms with Gasteiger partial charge in [0.1, 0.15) is 5.75 Å². The summed E-state index contributed by atoms with van der Waals surface area (Å²) in [6.45, 7) is 0. The van der Waals surface area contributed by atoms with Gasteiger partial charge in [0.25, 0.3) is 5.91 Å². The van der Waals surface area contributed by atoms with Crippen molar-refractivity contribution in [3.05, 3.63) is 71.0 Å². The van der Waals surface area contributed by atoms with Gasteiger partial charge < -0.3 is 15.0 Å². The molecule has 0 unspecified atom stereocenters. The summed E-state index contributed by atoms with van der Waals surface area (Å²) in [5.41, 5.74) is 4.99. The smallest absolute Gasteiger partial charge is 0.531 e. The highest BCUT2D eigenvalue weighted by molar-refractivity contribution is 6.52. The highest BCUT2D eigenvalue weighted by Gasteiger charge is 2.38. The van der Waals surface area contributed by atoms with E-state index in [1.165, 1.54) is 0 Å². The van der Waals surface area contributed by atoms with Crippen LogP contribution < -0.4 is 9.97 Å². The summed E-state index contributed by atoms with van der Waals surface area (Å²) in [5.74, 6) is 2.70. The van der Waals surface area contributed by atoms with Crippen LogP contribution in [0.15, 0.2) is 48.6 Å². The second-order valence-electron chi connectivity index (χ2n) is 7.30. The zero-order valence-corrected chi connectivity index (χ0v) is 14.8. The van der Waals surface area contributed by atoms with E-state index in [2.05, 4.69) is 22.5 Å². The number of nitrogens with zero attached hydrogens (tertiary/aromatic N) is 1. The van der Waals surface area contributed by atoms with Crippen molar-refractivity contribution >= 4 is 24.7 Å². The quantitative estimate of drug-likeness (QED) is 0.828. The van der Waals surface area contributed by atoms with Gasteiger partial charge in [0.15, 0.2) is 0 Å². The lowest BCUT2D eigenvalue weighted by molar-refractivity contribution is 0.0905. The molecule has 1 amide bonds. The van der Waals surface area contributed by atoms with Crippen LogP contribution in [0.25, 0.3) is 11.6 Å². The first-order valence-corrected chi connectivity index (χ1v) is 9.30. The first-order valence-electron chi connectivity index (χ1n) is 9.30. The highest BCUT2D eigenvalue weighted by atomic mass is 16.5. The third-order valence-corrected chi connectivity index (χ3v) is 5.57. The Morgan fingerprint density at radius 2 is 2.07 bits per heavy atom. The molecule has 0 atom stereocenters. The molecule has 0 spiro atoms. The number of carbonyl (C=O) groups is 1. The second-order valence-corrected chi connectivity index (χ2v) is 7.30. The maximum atomic E-state index is 12.3. The topological polar surface area (TPSA) is 71.5 Å². The minimum Gasteiger partial charge on any atom is -0.531 e. The zero-order chi connectivity index (χ0) is 18.4. The molecule has 3 aliphatic rings. The van der Waals surface area contributed by atoms with Crippen LogP contribution in [0.3, 0.4) is 0 Å². The van der Waals surface area contributed by atoms with Crippen molar-refractivity contribution in [2.24, 2.45) is 5.92 Å². The minimum atomic E-state index is -0.948. The number of fused-ring (bicyclic) bond motifs is 3. The Morgan fingerprint density at radius 3 is 2.89 bits per heavy atom. The minimum absolute atomic E-state index is 0.0338. The Morgan fingerprint density at radius 1 is 1.26 bits per heavy atom. The lowest BCUT2D eigenvalue weighted by atomic mass is 9.68. The van der Waals surface area contributed by atoms with Crippen molar-refractivity contribution in [1.29, 1.82) is 0 Å². The van der Waals surface area contributed by atoms with Gasteiger partial charge >= 0.3 is 7.12 Å². The third-order valence-electron chi connectivity index (χ3n) is 5.57. The van der Waals surface area contributed by atoms with Crippen LogP contribution in [-0.4, -0.2) is 29.1 Å². The summed E-state index contributed by atoms with van der Waals surface area (Å²) in [7, 11) is -0.948. The summed E-state index contributed by atoms with van der Waals surface area (Å²) >= 11 is 0. The fourth-order valence-electron chi connectivity index (χ4n) is 4.15. The number of carbonyl (C=O) groups excluding carboxylic acids is 1. The predicted molar refractivity (Wildman–Crippen MR) is 104 cm³/mol. The molecule has 134 valence electrons. The van der Waals surface area contributed by atoms with E-state index in [0.29, 0.717) is 17.2 Å². The van der Waals surface area contributed by atoms with Crippen molar-refractivity contribution in [3.8, 4) is 5.75 Å². The van der Waals surface area contributed by atoms with Crippen LogP contribution in [0.2, 0.25) is 0 Å². The average Bonchev–Trinajstić information content (AvgIpc) is 3.13. The Bertz CT molecular complexity index is 965. The Balaban J connectivity index is 1.33. The number of nitrogens with one attached hydrogen (secondary N) is 1. The van der Waals surface area contributed by atoms with E-state index in [1.807, 2.05) is 30.3 Å². The van der Waals surface area contributed by atoms with E-state index in [1.54, 1.807) is 12.2 Å². The summed E-state index contributed by atoms with van der Waals surface area (Å²) in [5, 5.41) is 13.2. The second kappa shape index (κ2) is 6.39. The van der Waals surface area contributed by atoms with Crippen molar-refractivity contribution in [2.75, 3.05) is 0 Å². The van der Waals surface area contributed by atoms with E-state index in [9.17, 15) is 9.82 Å². The van der Waals surface area contributed by atoms with Gasteiger partial charge in [-0.1, -0.05) is 30.4 Å². The van der Waals surface area contributed by atoms with Gasteiger partial charge in [0, 0.05) is 29.2 Å². The highest BCUT2D eigenvalue weighted by Crippen LogP contribution is 2.46. The van der Waals surface area contributed by atoms with Gasteiger partial charge in [-0.15, -0.1) is 0 Å². The molecule has 1 aliphatic heterocycles. The fourth-order valence-corrected chi connectivity index (χ4v) is 4.15. The molecule has 2 heterocycles. The van der Waals surface area contributed by atoms with Crippen molar-refractivity contribution in [3.63, 3.8) is 0 Å². The molecule has 0 bridgehead atoms. The van der Waals surface area contributed by atoms with Gasteiger partial charge in [-0.3, -0.25) is 9.78 Å². The number of pyridine rings is 1. The number of rotatable bonds is 3. The predicted octanol–water partition coefficient (Wildman–Crippen LogP) is 2.66. The van der Waals surface area contributed by atoms with Crippen LogP contribution in [0.5, 0.6) is 5.75 Å². The lowest BCUT2D eigenvalue weighted by Crippen LogP contribution is -2.45. The van der Waals surface area contributed by atoms with E-state index in [-0.39, 0.29) is 11.9 Å². The number of allylic oxidation sites excluding steroid dienone is 2. The third kappa shape index (κ3) is 2.86. The Labute approximate surface area is 157 Å². The monoisotopic (exact) mass is 358 g/mol. The molecule has 1 aromatic heterocycles. The summed E-state index contributed by atoms with van der Waals surface area (Å²) < 4.78 is 5.57. The Hall–Kier alpha value is -2.86. The summed E-state index contributed by atoms with van der Waals surface area (Å²) in [4.78, 5) is 16.8. The van der Waals surface area contributed by atoms with E-state index >= 15 is 0 Å². The van der Waals surface area contributed by atoms with Crippen LogP contribution in [0.1, 0.15) is 40.0 Å². The van der Waals surface area contributed by atoms with Crippen molar-refractivity contribution < 1.29 is 14.5 Å². The number of hydrogen-bond donors (Lipinski definition) is 2. The molecule has 2 aromatic rings. The molecule has 1 saturated carbocycles. The molecule has 0 radical (unpaired) electrons. The SMILES string of the molecule is O=C(NC1CC(C2=CB(O)Oc3cnc4c(c32)C=CC4)C1)c1ccccc1. The largest absolute Gasteiger partial charge is 0.552 e. The molecule has 27 heavy (non-hydrogen) atoms. The standard InChI is InChI=1S/C21H19BN2O3/c25-21(13-5-2-1-3-6-13)24-15-9-14(10-15)17-11-22(26)27-19-12-23-18-8-4-7-16(18)20(17)19/h1-7,11-12,14-15,26H,8-10H2,(H,24,25). The van der Waals surface area contributed by atoms with Crippen LogP contribution in [0, 0.1) is 5.92 Å². The van der Waals surface area contributed by atoms with Crippen LogP contribution >= 0.6 is 0 Å². The van der Waals surface area contributed by atoms with Gasteiger partial charge in [0.05, 0.1) is 11.9 Å². The molecule has 5 nitrogen and oxygen atoms in total. The molecule has 0 saturated heterocycles. The average molecular weight is 358 g/mol. The number of amides is 1. The van der Waals surface area contributed by atoms with Crippen LogP contribution in [0.4, 0.5) is 0 Å². The van der Waals surface area contributed by atoms with E-state index in [4.69, 9.17) is 4.65 Å².